The van der Waals surface area contributed by atoms with E-state index >= 15 is 0 Å². The number of rotatable bonds is 2. The van der Waals surface area contributed by atoms with E-state index in [0.29, 0.717) is 0 Å². The summed E-state index contributed by atoms with van der Waals surface area (Å²) in [5.74, 6) is 0. The van der Waals surface area contributed by atoms with E-state index in [-0.39, 0.29) is 12.2 Å². The summed E-state index contributed by atoms with van der Waals surface area (Å²) in [4.78, 5) is 26.6. The van der Waals surface area contributed by atoms with Crippen molar-refractivity contribution in [3.63, 3.8) is 0 Å². The zero-order valence-corrected chi connectivity index (χ0v) is 8.75. The van der Waals surface area contributed by atoms with Crippen LogP contribution < -0.4 is 16.6 Å². The molecule has 2 rings (SSSR count). The number of aromatic amines is 2. The van der Waals surface area contributed by atoms with E-state index < -0.39 is 35.5 Å². The highest BCUT2D eigenvalue weighted by atomic mass is 16.3. The Hall–Kier alpha value is -1.48. The third kappa shape index (κ3) is 2.03. The van der Waals surface area contributed by atoms with Crippen LogP contribution in [-0.2, 0) is 0 Å². The van der Waals surface area contributed by atoms with Gasteiger partial charge in [-0.05, 0) is 0 Å². The van der Waals surface area contributed by atoms with Gasteiger partial charge in [-0.3, -0.25) is 15.1 Å². The molecule has 94 valence electrons. The molecule has 8 nitrogen and oxygen atoms in total. The van der Waals surface area contributed by atoms with Gasteiger partial charge in [-0.2, -0.15) is 0 Å². The monoisotopic (exact) mass is 243 g/mol. The maximum Gasteiger partial charge on any atom is 0.325 e. The molecule has 8 heteroatoms. The minimum atomic E-state index is -1.22. The van der Waals surface area contributed by atoms with E-state index in [1.165, 1.54) is 6.20 Å². The van der Waals surface area contributed by atoms with Crippen LogP contribution in [0.15, 0.2) is 15.8 Å². The predicted octanol–water partition coefficient (Wildman–Crippen LogP) is -3.21. The summed E-state index contributed by atoms with van der Waals surface area (Å²) in [7, 11) is 0. The average Bonchev–Trinajstić information content (AvgIpc) is 2.57. The molecule has 1 aromatic heterocycles. The van der Waals surface area contributed by atoms with Crippen molar-refractivity contribution < 1.29 is 15.3 Å². The zero-order valence-electron chi connectivity index (χ0n) is 8.75. The van der Waals surface area contributed by atoms with Crippen molar-refractivity contribution in [1.29, 1.82) is 0 Å². The van der Waals surface area contributed by atoms with Gasteiger partial charge < -0.3 is 20.3 Å². The van der Waals surface area contributed by atoms with Gasteiger partial charge in [0.1, 0.15) is 6.10 Å². The fourth-order valence-electron chi connectivity index (χ4n) is 1.95. The number of aliphatic hydroxyl groups is 3. The Morgan fingerprint density at radius 3 is 2.47 bits per heavy atom. The second-order valence-electron chi connectivity index (χ2n) is 3.94. The van der Waals surface area contributed by atoms with Crippen molar-refractivity contribution in [1.82, 2.24) is 15.3 Å². The minimum absolute atomic E-state index is 0.104. The Labute approximate surface area is 94.9 Å². The van der Waals surface area contributed by atoms with Crippen molar-refractivity contribution in [3.8, 4) is 0 Å². The Morgan fingerprint density at radius 1 is 1.24 bits per heavy atom. The highest BCUT2D eigenvalue weighted by Gasteiger charge is 2.42. The molecule has 17 heavy (non-hydrogen) atoms. The van der Waals surface area contributed by atoms with Crippen LogP contribution in [0.5, 0.6) is 0 Å². The maximum absolute atomic E-state index is 11.5. The largest absolute Gasteiger partial charge is 0.395 e. The molecule has 0 saturated carbocycles. The summed E-state index contributed by atoms with van der Waals surface area (Å²) in [6, 6.07) is -1.54. The highest BCUT2D eigenvalue weighted by Crippen LogP contribution is 2.24. The molecule has 0 amide bonds. The van der Waals surface area contributed by atoms with Gasteiger partial charge in [0, 0.05) is 6.20 Å². The summed E-state index contributed by atoms with van der Waals surface area (Å²) >= 11 is 0. The van der Waals surface area contributed by atoms with E-state index in [9.17, 15) is 19.8 Å². The van der Waals surface area contributed by atoms with Crippen LogP contribution in [0.4, 0.5) is 0 Å². The third-order valence-electron chi connectivity index (χ3n) is 2.88. The molecule has 0 aromatic carbocycles. The van der Waals surface area contributed by atoms with Gasteiger partial charge in [0.25, 0.3) is 5.56 Å². The zero-order chi connectivity index (χ0) is 12.6. The topological polar surface area (TPSA) is 138 Å². The second-order valence-corrected chi connectivity index (χ2v) is 3.94. The molecule has 0 spiro atoms. The molecule has 1 aliphatic heterocycles. The lowest BCUT2D eigenvalue weighted by atomic mass is 10.0. The second kappa shape index (κ2) is 4.41. The van der Waals surface area contributed by atoms with E-state index in [1.807, 2.05) is 4.98 Å². The molecular weight excluding hydrogens is 230 g/mol. The molecule has 1 aromatic rings. The molecule has 4 atom stereocenters. The molecule has 0 bridgehead atoms. The Kier molecular flexibility index (Phi) is 3.11. The van der Waals surface area contributed by atoms with Gasteiger partial charge >= 0.3 is 5.69 Å². The van der Waals surface area contributed by atoms with Crippen LogP contribution in [0, 0.1) is 0 Å². The minimum Gasteiger partial charge on any atom is -0.395 e. The van der Waals surface area contributed by atoms with Crippen molar-refractivity contribution >= 4 is 0 Å². The molecule has 4 unspecified atom stereocenters. The highest BCUT2D eigenvalue weighted by molar-refractivity contribution is 5.17. The van der Waals surface area contributed by atoms with Crippen LogP contribution in [-0.4, -0.2) is 50.1 Å². The lowest BCUT2D eigenvalue weighted by Gasteiger charge is -2.14. The first-order valence-electron chi connectivity index (χ1n) is 5.09. The number of hydrogen-bond acceptors (Lipinski definition) is 6. The van der Waals surface area contributed by atoms with Gasteiger partial charge in [0.05, 0.1) is 30.4 Å². The van der Waals surface area contributed by atoms with Crippen LogP contribution in [0.3, 0.4) is 0 Å². The number of hydrogen-bond donors (Lipinski definition) is 6. The summed E-state index contributed by atoms with van der Waals surface area (Å²) in [6.07, 6.45) is -1.22. The summed E-state index contributed by atoms with van der Waals surface area (Å²) in [6.45, 7) is -0.365. The molecule has 1 fully saturated rings. The number of aliphatic hydroxyl groups excluding tert-OH is 3. The van der Waals surface area contributed by atoms with Crippen molar-refractivity contribution in [2.24, 2.45) is 0 Å². The van der Waals surface area contributed by atoms with Gasteiger partial charge in [-0.25, -0.2) is 4.79 Å². The van der Waals surface area contributed by atoms with Crippen molar-refractivity contribution in [2.45, 2.75) is 24.3 Å². The van der Waals surface area contributed by atoms with Crippen LogP contribution in [0.25, 0.3) is 0 Å². The molecule has 2 heterocycles. The van der Waals surface area contributed by atoms with Crippen molar-refractivity contribution in [3.05, 3.63) is 32.6 Å². The first-order chi connectivity index (χ1) is 8.04. The fourth-order valence-corrected chi connectivity index (χ4v) is 1.95. The molecular formula is C9H13N3O5. The van der Waals surface area contributed by atoms with Gasteiger partial charge in [0.15, 0.2) is 0 Å². The quantitative estimate of drug-likeness (QED) is 0.323. The maximum atomic E-state index is 11.5. The Bertz CT molecular complexity index is 510. The van der Waals surface area contributed by atoms with E-state index in [2.05, 4.69) is 10.3 Å². The van der Waals surface area contributed by atoms with Crippen LogP contribution in [0.2, 0.25) is 0 Å². The van der Waals surface area contributed by atoms with Gasteiger partial charge in [-0.1, -0.05) is 0 Å². The Morgan fingerprint density at radius 2 is 1.94 bits per heavy atom. The number of aromatic nitrogens is 2. The van der Waals surface area contributed by atoms with E-state index in [4.69, 9.17) is 5.11 Å². The normalized spacial score (nSPS) is 32.9. The summed E-state index contributed by atoms with van der Waals surface area (Å²) in [5.41, 5.74) is -1.19. The fraction of sp³-hybridized carbons (Fsp3) is 0.556. The smallest absolute Gasteiger partial charge is 0.325 e. The number of nitrogens with one attached hydrogen (secondary N) is 3. The molecule has 0 aliphatic carbocycles. The lowest BCUT2D eigenvalue weighted by Crippen LogP contribution is -2.36. The lowest BCUT2D eigenvalue weighted by molar-refractivity contribution is 0.0193. The van der Waals surface area contributed by atoms with Gasteiger partial charge in [0.2, 0.25) is 0 Å². The van der Waals surface area contributed by atoms with E-state index in [1.54, 1.807) is 0 Å². The average molecular weight is 243 g/mol. The molecule has 0 radical (unpaired) electrons. The van der Waals surface area contributed by atoms with Gasteiger partial charge in [-0.15, -0.1) is 0 Å². The first kappa shape index (κ1) is 12.0. The molecule has 1 saturated heterocycles. The Balaban J connectivity index is 2.35. The number of H-pyrrole nitrogens is 2. The summed E-state index contributed by atoms with van der Waals surface area (Å²) < 4.78 is 0. The van der Waals surface area contributed by atoms with Crippen molar-refractivity contribution in [2.75, 3.05) is 6.61 Å². The standard InChI is InChI=1S/C9H13N3O5/c13-2-4-6(14)7(15)5(11-4)3-1-10-9(17)12-8(3)16/h1,4-7,11,13-15H,2H2,(H2,10,12,16,17). The van der Waals surface area contributed by atoms with Crippen LogP contribution in [0.1, 0.15) is 11.6 Å². The molecule has 1 aliphatic rings. The molecule has 6 N–H and O–H groups in total. The summed E-state index contributed by atoms with van der Waals surface area (Å²) in [5, 5.41) is 31.0. The van der Waals surface area contributed by atoms with Crippen LogP contribution >= 0.6 is 0 Å². The first-order valence-corrected chi connectivity index (χ1v) is 5.09. The third-order valence-corrected chi connectivity index (χ3v) is 2.88. The van der Waals surface area contributed by atoms with E-state index in [0.717, 1.165) is 0 Å². The predicted molar refractivity (Wildman–Crippen MR) is 56.4 cm³/mol. The SMILES string of the molecule is O=c1[nH]cc(C2NC(CO)C(O)C2O)c(=O)[nH]1.